The fourth-order valence-electron chi connectivity index (χ4n) is 1.32. The van der Waals surface area contributed by atoms with Crippen molar-refractivity contribution in [1.82, 2.24) is 5.32 Å². The van der Waals surface area contributed by atoms with Gasteiger partial charge in [-0.05, 0) is 34.1 Å². The van der Waals surface area contributed by atoms with E-state index in [-0.39, 0.29) is 19.1 Å². The van der Waals surface area contributed by atoms with E-state index in [2.05, 4.69) is 26.0 Å². The van der Waals surface area contributed by atoms with Gasteiger partial charge in [0.25, 0.3) is 12.3 Å². The summed E-state index contributed by atoms with van der Waals surface area (Å²) in [6, 6.07) is 4.89. The molecule has 4 nitrogen and oxygen atoms in total. The van der Waals surface area contributed by atoms with E-state index in [0.29, 0.717) is 15.8 Å². The summed E-state index contributed by atoms with van der Waals surface area (Å²) in [5.41, 5.74) is 0.446. The third-order valence-electron chi connectivity index (χ3n) is 2.19. The van der Waals surface area contributed by atoms with Crippen LogP contribution in [0.1, 0.15) is 10.4 Å². The second kappa shape index (κ2) is 8.06. The minimum Gasteiger partial charge on any atom is -0.496 e. The molecule has 106 valence electrons. The first-order valence-corrected chi connectivity index (χ1v) is 6.31. The van der Waals surface area contributed by atoms with E-state index in [1.807, 2.05) is 0 Å². The van der Waals surface area contributed by atoms with Gasteiger partial charge < -0.3 is 14.8 Å². The van der Waals surface area contributed by atoms with Gasteiger partial charge in [0.15, 0.2) is 0 Å². The summed E-state index contributed by atoms with van der Waals surface area (Å²) in [5, 5.41) is 2.57. The number of ether oxygens (including phenoxy) is 2. The molecule has 0 aliphatic heterocycles. The molecule has 1 rings (SSSR count). The van der Waals surface area contributed by atoms with Crippen molar-refractivity contribution in [3.63, 3.8) is 0 Å². The van der Waals surface area contributed by atoms with Crippen LogP contribution >= 0.6 is 15.9 Å². The highest BCUT2D eigenvalue weighted by atomic mass is 79.9. The van der Waals surface area contributed by atoms with Crippen molar-refractivity contribution in [2.75, 3.05) is 26.9 Å². The van der Waals surface area contributed by atoms with E-state index in [4.69, 9.17) is 4.74 Å². The lowest BCUT2D eigenvalue weighted by Crippen LogP contribution is -2.27. The van der Waals surface area contributed by atoms with Crippen LogP contribution in [0.25, 0.3) is 0 Å². The van der Waals surface area contributed by atoms with Gasteiger partial charge in [0.2, 0.25) is 0 Å². The zero-order valence-electron chi connectivity index (χ0n) is 10.3. The van der Waals surface area contributed by atoms with E-state index in [0.717, 1.165) is 0 Å². The highest BCUT2D eigenvalue weighted by Gasteiger charge is 2.08. The molecular formula is C12H14BrF2NO3. The lowest BCUT2D eigenvalue weighted by atomic mass is 10.2. The van der Waals surface area contributed by atoms with Crippen molar-refractivity contribution in [3.8, 4) is 5.75 Å². The molecule has 0 aromatic heterocycles. The van der Waals surface area contributed by atoms with Crippen molar-refractivity contribution >= 4 is 21.8 Å². The molecule has 0 aliphatic rings. The summed E-state index contributed by atoms with van der Waals surface area (Å²) < 4.78 is 33.9. The fraction of sp³-hybridized carbons (Fsp3) is 0.417. The Kier molecular flexibility index (Phi) is 6.72. The van der Waals surface area contributed by atoms with Gasteiger partial charge in [-0.3, -0.25) is 4.79 Å². The van der Waals surface area contributed by atoms with Gasteiger partial charge in [-0.25, -0.2) is 8.78 Å². The van der Waals surface area contributed by atoms with Crippen LogP contribution in [-0.4, -0.2) is 39.2 Å². The number of carbonyl (C=O) groups excluding carboxylic acids is 1. The Labute approximate surface area is 118 Å². The summed E-state index contributed by atoms with van der Waals surface area (Å²) in [4.78, 5) is 11.7. The van der Waals surface area contributed by atoms with Crippen LogP contribution < -0.4 is 10.1 Å². The Morgan fingerprint density at radius 3 is 2.79 bits per heavy atom. The zero-order valence-corrected chi connectivity index (χ0v) is 11.9. The maximum Gasteiger partial charge on any atom is 0.261 e. The SMILES string of the molecule is COc1ccc(C(=O)NCCOCC(F)F)cc1Br. The largest absolute Gasteiger partial charge is 0.496 e. The molecular weight excluding hydrogens is 324 g/mol. The first-order chi connectivity index (χ1) is 9.04. The molecule has 1 aromatic rings. The summed E-state index contributed by atoms with van der Waals surface area (Å²) >= 11 is 3.27. The lowest BCUT2D eigenvalue weighted by Gasteiger charge is -2.08. The molecule has 0 bridgehead atoms. The number of methoxy groups -OCH3 is 1. The number of nitrogens with one attached hydrogen (secondary N) is 1. The van der Waals surface area contributed by atoms with Crippen LogP contribution in [0.5, 0.6) is 5.75 Å². The Morgan fingerprint density at radius 2 is 2.21 bits per heavy atom. The standard InChI is InChI=1S/C12H14BrF2NO3/c1-18-10-3-2-8(6-9(10)13)12(17)16-4-5-19-7-11(14)15/h2-3,6,11H,4-5,7H2,1H3,(H,16,17). The number of halogens is 3. The van der Waals surface area contributed by atoms with Gasteiger partial charge in [0, 0.05) is 12.1 Å². The molecule has 0 heterocycles. The second-order valence-electron chi connectivity index (χ2n) is 3.57. The van der Waals surface area contributed by atoms with Crippen molar-refractivity contribution in [1.29, 1.82) is 0 Å². The number of carbonyl (C=O) groups is 1. The molecule has 0 aliphatic carbocycles. The Balaban J connectivity index is 2.39. The molecule has 1 aromatic carbocycles. The van der Waals surface area contributed by atoms with Gasteiger partial charge in [-0.15, -0.1) is 0 Å². The van der Waals surface area contributed by atoms with Crippen LogP contribution in [0.2, 0.25) is 0 Å². The van der Waals surface area contributed by atoms with Crippen molar-refractivity contribution in [3.05, 3.63) is 28.2 Å². The van der Waals surface area contributed by atoms with Gasteiger partial charge in [-0.1, -0.05) is 0 Å². The van der Waals surface area contributed by atoms with Gasteiger partial charge in [0.05, 0.1) is 18.2 Å². The second-order valence-corrected chi connectivity index (χ2v) is 4.43. The predicted octanol–water partition coefficient (Wildman–Crippen LogP) is 2.47. The van der Waals surface area contributed by atoms with Crippen LogP contribution in [0.15, 0.2) is 22.7 Å². The average molecular weight is 338 g/mol. The van der Waals surface area contributed by atoms with Crippen LogP contribution in [0.4, 0.5) is 8.78 Å². The summed E-state index contributed by atoms with van der Waals surface area (Å²) in [7, 11) is 1.53. The minimum atomic E-state index is -2.49. The predicted molar refractivity (Wildman–Crippen MR) is 69.9 cm³/mol. The summed E-state index contributed by atoms with van der Waals surface area (Å²) in [6.45, 7) is -0.396. The number of hydrogen-bond acceptors (Lipinski definition) is 3. The maximum absolute atomic E-state index is 11.8. The highest BCUT2D eigenvalue weighted by molar-refractivity contribution is 9.10. The fourth-order valence-corrected chi connectivity index (χ4v) is 1.86. The maximum atomic E-state index is 11.8. The van der Waals surface area contributed by atoms with Crippen molar-refractivity contribution in [2.24, 2.45) is 0 Å². The third-order valence-corrected chi connectivity index (χ3v) is 2.81. The van der Waals surface area contributed by atoms with E-state index >= 15 is 0 Å². The lowest BCUT2D eigenvalue weighted by molar-refractivity contribution is 0.0188. The topological polar surface area (TPSA) is 47.6 Å². The number of rotatable bonds is 7. The first kappa shape index (κ1) is 15.8. The van der Waals surface area contributed by atoms with Crippen LogP contribution in [0, 0.1) is 0 Å². The normalized spacial score (nSPS) is 10.6. The zero-order chi connectivity index (χ0) is 14.3. The third kappa shape index (κ3) is 5.52. The van der Waals surface area contributed by atoms with Crippen molar-refractivity contribution in [2.45, 2.75) is 6.43 Å². The molecule has 0 saturated heterocycles. The summed E-state index contributed by atoms with van der Waals surface area (Å²) in [6.07, 6.45) is -2.49. The van der Waals surface area contributed by atoms with E-state index in [1.54, 1.807) is 18.2 Å². The molecule has 1 N–H and O–H groups in total. The van der Waals surface area contributed by atoms with E-state index in [1.165, 1.54) is 7.11 Å². The van der Waals surface area contributed by atoms with Crippen LogP contribution in [0.3, 0.4) is 0 Å². The Bertz CT molecular complexity index is 429. The Morgan fingerprint density at radius 1 is 1.47 bits per heavy atom. The molecule has 0 atom stereocenters. The van der Waals surface area contributed by atoms with Gasteiger partial charge in [0.1, 0.15) is 12.4 Å². The molecule has 0 radical (unpaired) electrons. The highest BCUT2D eigenvalue weighted by Crippen LogP contribution is 2.25. The number of hydrogen-bond donors (Lipinski definition) is 1. The molecule has 0 spiro atoms. The Hall–Kier alpha value is -1.21. The number of amides is 1. The quantitative estimate of drug-likeness (QED) is 0.777. The van der Waals surface area contributed by atoms with Crippen LogP contribution in [-0.2, 0) is 4.74 Å². The van der Waals surface area contributed by atoms with Crippen molar-refractivity contribution < 1.29 is 23.0 Å². The monoisotopic (exact) mass is 337 g/mol. The number of alkyl halides is 2. The van der Waals surface area contributed by atoms with Gasteiger partial charge >= 0.3 is 0 Å². The molecule has 7 heteroatoms. The average Bonchev–Trinajstić information content (AvgIpc) is 2.37. The molecule has 0 saturated carbocycles. The first-order valence-electron chi connectivity index (χ1n) is 5.52. The smallest absolute Gasteiger partial charge is 0.261 e. The summed E-state index contributed by atoms with van der Waals surface area (Å²) in [5.74, 6) is 0.320. The molecule has 0 unspecified atom stereocenters. The van der Waals surface area contributed by atoms with E-state index < -0.39 is 13.0 Å². The molecule has 19 heavy (non-hydrogen) atoms. The van der Waals surface area contributed by atoms with E-state index in [9.17, 15) is 13.6 Å². The minimum absolute atomic E-state index is 0.0490. The number of benzene rings is 1. The molecule has 0 fully saturated rings. The molecule has 1 amide bonds. The van der Waals surface area contributed by atoms with Gasteiger partial charge in [-0.2, -0.15) is 0 Å².